The summed E-state index contributed by atoms with van der Waals surface area (Å²) in [5.41, 5.74) is -1.15. The van der Waals surface area contributed by atoms with Crippen LogP contribution in [0.1, 0.15) is 33.6 Å². The first-order valence-corrected chi connectivity index (χ1v) is 5.00. The second kappa shape index (κ2) is 5.98. The molecular weight excluding hydrogens is 182 g/mol. The Bertz CT molecular complexity index is 182. The standard InChI is InChI=1S/C10H21NO3/c1-5-6-7-11-9(13)10(3,14-4)8(2)12/h8,12H,5-7H2,1-4H3,(H,11,13). The number of amides is 1. The maximum atomic E-state index is 11.6. The number of methoxy groups -OCH3 is 1. The van der Waals surface area contributed by atoms with Crippen LogP contribution in [0.5, 0.6) is 0 Å². The Morgan fingerprint density at radius 1 is 1.64 bits per heavy atom. The fourth-order valence-electron chi connectivity index (χ4n) is 1.01. The lowest BCUT2D eigenvalue weighted by molar-refractivity contribution is -0.153. The maximum Gasteiger partial charge on any atom is 0.254 e. The van der Waals surface area contributed by atoms with Crippen LogP contribution in [0.15, 0.2) is 0 Å². The minimum Gasteiger partial charge on any atom is -0.390 e. The molecule has 84 valence electrons. The molecule has 0 bridgehead atoms. The van der Waals surface area contributed by atoms with Crippen molar-refractivity contribution in [2.24, 2.45) is 0 Å². The van der Waals surface area contributed by atoms with Gasteiger partial charge >= 0.3 is 0 Å². The van der Waals surface area contributed by atoms with Gasteiger partial charge in [-0.05, 0) is 20.3 Å². The Kier molecular flexibility index (Phi) is 5.72. The molecule has 0 aromatic heterocycles. The first-order valence-electron chi connectivity index (χ1n) is 5.00. The van der Waals surface area contributed by atoms with E-state index in [-0.39, 0.29) is 5.91 Å². The SMILES string of the molecule is CCCCNC(=O)C(C)(OC)C(C)O. The van der Waals surface area contributed by atoms with E-state index >= 15 is 0 Å². The van der Waals surface area contributed by atoms with Gasteiger partial charge in [-0.25, -0.2) is 0 Å². The van der Waals surface area contributed by atoms with Gasteiger partial charge in [-0.15, -0.1) is 0 Å². The summed E-state index contributed by atoms with van der Waals surface area (Å²) in [7, 11) is 1.42. The minimum atomic E-state index is -1.15. The molecule has 4 heteroatoms. The fourth-order valence-corrected chi connectivity index (χ4v) is 1.01. The molecule has 0 radical (unpaired) electrons. The fraction of sp³-hybridized carbons (Fsp3) is 0.900. The molecule has 0 saturated carbocycles. The average Bonchev–Trinajstić information content (AvgIpc) is 2.16. The monoisotopic (exact) mass is 203 g/mol. The van der Waals surface area contributed by atoms with Crippen LogP contribution in [0, 0.1) is 0 Å². The predicted molar refractivity (Wildman–Crippen MR) is 55.0 cm³/mol. The molecule has 0 fully saturated rings. The van der Waals surface area contributed by atoms with Gasteiger partial charge in [0.1, 0.15) is 0 Å². The number of hydrogen-bond donors (Lipinski definition) is 2. The van der Waals surface area contributed by atoms with Gasteiger partial charge in [0, 0.05) is 13.7 Å². The molecule has 0 aromatic carbocycles. The summed E-state index contributed by atoms with van der Waals surface area (Å²) >= 11 is 0. The zero-order chi connectivity index (χ0) is 11.2. The number of carbonyl (C=O) groups excluding carboxylic acids is 1. The molecule has 0 aliphatic carbocycles. The van der Waals surface area contributed by atoms with Crippen molar-refractivity contribution in [3.63, 3.8) is 0 Å². The highest BCUT2D eigenvalue weighted by Gasteiger charge is 2.37. The number of aliphatic hydroxyl groups excluding tert-OH is 1. The van der Waals surface area contributed by atoms with Gasteiger partial charge < -0.3 is 15.2 Å². The van der Waals surface area contributed by atoms with Gasteiger partial charge in [0.2, 0.25) is 0 Å². The lowest BCUT2D eigenvalue weighted by atomic mass is 9.99. The van der Waals surface area contributed by atoms with Crippen molar-refractivity contribution in [3.8, 4) is 0 Å². The summed E-state index contributed by atoms with van der Waals surface area (Å²) in [5.74, 6) is -0.261. The molecule has 0 heterocycles. The lowest BCUT2D eigenvalue weighted by Gasteiger charge is -2.29. The number of hydrogen-bond acceptors (Lipinski definition) is 3. The van der Waals surface area contributed by atoms with Crippen LogP contribution in [0.3, 0.4) is 0 Å². The van der Waals surface area contributed by atoms with Gasteiger partial charge in [-0.3, -0.25) is 4.79 Å². The van der Waals surface area contributed by atoms with Gasteiger partial charge in [-0.1, -0.05) is 13.3 Å². The molecular formula is C10H21NO3. The van der Waals surface area contributed by atoms with Crippen LogP contribution < -0.4 is 5.32 Å². The normalized spacial score (nSPS) is 17.2. The summed E-state index contributed by atoms with van der Waals surface area (Å²) in [5, 5.41) is 12.1. The molecule has 0 rings (SSSR count). The molecule has 4 nitrogen and oxygen atoms in total. The highest BCUT2D eigenvalue weighted by Crippen LogP contribution is 2.14. The molecule has 2 atom stereocenters. The van der Waals surface area contributed by atoms with E-state index in [0.29, 0.717) is 6.54 Å². The summed E-state index contributed by atoms with van der Waals surface area (Å²) < 4.78 is 5.03. The molecule has 0 aliphatic heterocycles. The van der Waals surface area contributed by atoms with Gasteiger partial charge in [-0.2, -0.15) is 0 Å². The topological polar surface area (TPSA) is 58.6 Å². The second-order valence-electron chi connectivity index (χ2n) is 3.60. The van der Waals surface area contributed by atoms with Crippen molar-refractivity contribution in [1.82, 2.24) is 5.32 Å². The Hall–Kier alpha value is -0.610. The number of aliphatic hydroxyl groups is 1. The van der Waals surface area contributed by atoms with E-state index < -0.39 is 11.7 Å². The zero-order valence-corrected chi connectivity index (χ0v) is 9.46. The lowest BCUT2D eigenvalue weighted by Crippen LogP contribution is -2.53. The van der Waals surface area contributed by atoms with E-state index in [1.54, 1.807) is 13.8 Å². The van der Waals surface area contributed by atoms with Crippen LogP contribution in [0.4, 0.5) is 0 Å². The summed E-state index contributed by atoms with van der Waals surface area (Å²) in [4.78, 5) is 11.6. The van der Waals surface area contributed by atoms with Gasteiger partial charge in [0.25, 0.3) is 5.91 Å². The highest BCUT2D eigenvalue weighted by molar-refractivity contribution is 5.85. The van der Waals surface area contributed by atoms with Crippen LogP contribution in [0.25, 0.3) is 0 Å². The summed E-state index contributed by atoms with van der Waals surface area (Å²) in [6.07, 6.45) is 1.14. The Morgan fingerprint density at radius 3 is 2.57 bits per heavy atom. The number of unbranched alkanes of at least 4 members (excludes halogenated alkanes) is 1. The zero-order valence-electron chi connectivity index (χ0n) is 9.46. The van der Waals surface area contributed by atoms with E-state index in [1.807, 2.05) is 0 Å². The van der Waals surface area contributed by atoms with E-state index in [9.17, 15) is 9.90 Å². The molecule has 0 saturated heterocycles. The Morgan fingerprint density at radius 2 is 2.21 bits per heavy atom. The summed E-state index contributed by atoms with van der Waals surface area (Å²) in [6, 6.07) is 0. The van der Waals surface area contributed by atoms with E-state index in [2.05, 4.69) is 12.2 Å². The van der Waals surface area contributed by atoms with Gasteiger partial charge in [0.05, 0.1) is 6.10 Å². The van der Waals surface area contributed by atoms with Crippen molar-refractivity contribution in [2.75, 3.05) is 13.7 Å². The molecule has 14 heavy (non-hydrogen) atoms. The first-order chi connectivity index (χ1) is 6.49. The van der Waals surface area contributed by atoms with Crippen LogP contribution >= 0.6 is 0 Å². The van der Waals surface area contributed by atoms with E-state index in [0.717, 1.165) is 12.8 Å². The van der Waals surface area contributed by atoms with Crippen LogP contribution in [-0.4, -0.2) is 36.4 Å². The maximum absolute atomic E-state index is 11.6. The average molecular weight is 203 g/mol. The first kappa shape index (κ1) is 13.4. The predicted octanol–water partition coefficient (Wildman–Crippen LogP) is 0.689. The van der Waals surface area contributed by atoms with E-state index in [4.69, 9.17) is 4.74 Å². The summed E-state index contributed by atoms with van der Waals surface area (Å²) in [6.45, 7) is 5.80. The third-order valence-electron chi connectivity index (χ3n) is 2.49. The smallest absolute Gasteiger partial charge is 0.254 e. The van der Waals surface area contributed by atoms with Crippen molar-refractivity contribution in [3.05, 3.63) is 0 Å². The van der Waals surface area contributed by atoms with Crippen molar-refractivity contribution >= 4 is 5.91 Å². The molecule has 0 aromatic rings. The number of nitrogens with one attached hydrogen (secondary N) is 1. The van der Waals surface area contributed by atoms with Crippen molar-refractivity contribution < 1.29 is 14.6 Å². The highest BCUT2D eigenvalue weighted by atomic mass is 16.5. The Labute approximate surface area is 85.6 Å². The molecule has 2 unspecified atom stereocenters. The number of ether oxygens (including phenoxy) is 1. The number of rotatable bonds is 6. The quantitative estimate of drug-likeness (QED) is 0.624. The third-order valence-corrected chi connectivity index (χ3v) is 2.49. The minimum absolute atomic E-state index is 0.261. The van der Waals surface area contributed by atoms with Gasteiger partial charge in [0.15, 0.2) is 5.60 Å². The molecule has 2 N–H and O–H groups in total. The second-order valence-corrected chi connectivity index (χ2v) is 3.60. The van der Waals surface area contributed by atoms with E-state index in [1.165, 1.54) is 7.11 Å². The Balaban J connectivity index is 4.18. The largest absolute Gasteiger partial charge is 0.390 e. The van der Waals surface area contributed by atoms with Crippen molar-refractivity contribution in [2.45, 2.75) is 45.3 Å². The van der Waals surface area contributed by atoms with Crippen LogP contribution in [-0.2, 0) is 9.53 Å². The van der Waals surface area contributed by atoms with Crippen LogP contribution in [0.2, 0.25) is 0 Å². The molecule has 1 amide bonds. The number of carbonyl (C=O) groups is 1. The third kappa shape index (κ3) is 3.27. The molecule has 0 aliphatic rings. The van der Waals surface area contributed by atoms with Crippen molar-refractivity contribution in [1.29, 1.82) is 0 Å². The molecule has 0 spiro atoms.